The number of nitrogens with zero attached hydrogens (tertiary/aromatic N) is 2. The molecule has 9 heteroatoms. The van der Waals surface area contributed by atoms with Gasteiger partial charge >= 0.3 is 6.18 Å². The average molecular weight is 391 g/mol. The maximum absolute atomic E-state index is 12.7. The van der Waals surface area contributed by atoms with Crippen molar-refractivity contribution >= 4 is 34.6 Å². The van der Waals surface area contributed by atoms with E-state index in [4.69, 9.17) is 23.8 Å². The Morgan fingerprint density at radius 2 is 2.04 bits per heavy atom. The first kappa shape index (κ1) is 19.5. The number of thiocarbonyl (C=S) groups is 1. The summed E-state index contributed by atoms with van der Waals surface area (Å²) in [4.78, 5) is 0. The quantitative estimate of drug-likeness (QED) is 0.580. The van der Waals surface area contributed by atoms with Crippen LogP contribution in [0.5, 0.6) is 0 Å². The molecule has 0 fully saturated rings. The lowest BCUT2D eigenvalue weighted by Crippen LogP contribution is -2.30. The number of aromatic nitrogens is 2. The number of hydrogen-bond acceptors (Lipinski definition) is 2. The minimum Gasteiger partial charge on any atom is -0.362 e. The summed E-state index contributed by atoms with van der Waals surface area (Å²) in [5.41, 5.74) is 1.26. The van der Waals surface area contributed by atoms with Gasteiger partial charge in [0.25, 0.3) is 0 Å². The van der Waals surface area contributed by atoms with E-state index in [9.17, 15) is 13.2 Å². The molecule has 136 valence electrons. The second-order valence-corrected chi connectivity index (χ2v) is 6.31. The van der Waals surface area contributed by atoms with E-state index in [1.807, 2.05) is 18.5 Å². The molecule has 25 heavy (non-hydrogen) atoms. The molecule has 0 unspecified atom stereocenters. The Hall–Kier alpha value is -1.80. The Morgan fingerprint density at radius 1 is 1.32 bits per heavy atom. The summed E-state index contributed by atoms with van der Waals surface area (Å²) in [6.07, 6.45) is -3.64. The first-order valence-electron chi connectivity index (χ1n) is 7.60. The smallest absolute Gasteiger partial charge is 0.362 e. The van der Waals surface area contributed by atoms with Gasteiger partial charge in [0.2, 0.25) is 0 Å². The zero-order valence-electron chi connectivity index (χ0n) is 13.7. The Morgan fingerprint density at radius 3 is 2.64 bits per heavy atom. The van der Waals surface area contributed by atoms with Crippen molar-refractivity contribution in [2.24, 2.45) is 0 Å². The number of rotatable bonds is 5. The fourth-order valence-corrected chi connectivity index (χ4v) is 2.63. The largest absolute Gasteiger partial charge is 0.416 e. The Bertz CT molecular complexity index is 758. The molecule has 2 N–H and O–H groups in total. The van der Waals surface area contributed by atoms with Gasteiger partial charge in [0, 0.05) is 18.8 Å². The zero-order valence-corrected chi connectivity index (χ0v) is 15.3. The molecule has 1 aromatic carbocycles. The van der Waals surface area contributed by atoms with Gasteiger partial charge in [-0.2, -0.15) is 18.3 Å². The van der Waals surface area contributed by atoms with E-state index in [0.29, 0.717) is 18.1 Å². The average Bonchev–Trinajstić information content (AvgIpc) is 2.78. The summed E-state index contributed by atoms with van der Waals surface area (Å²) in [6.45, 7) is 4.97. The van der Waals surface area contributed by atoms with Gasteiger partial charge in [-0.3, -0.25) is 4.68 Å². The van der Waals surface area contributed by atoms with Gasteiger partial charge in [-0.15, -0.1) is 0 Å². The van der Waals surface area contributed by atoms with E-state index >= 15 is 0 Å². The Labute approximate surface area is 154 Å². The summed E-state index contributed by atoms with van der Waals surface area (Å²) >= 11 is 11.2. The summed E-state index contributed by atoms with van der Waals surface area (Å²) in [5, 5.41) is 11.0. The molecule has 0 aliphatic carbocycles. The van der Waals surface area contributed by atoms with Crippen LogP contribution < -0.4 is 10.6 Å². The minimum absolute atomic E-state index is 0.269. The maximum Gasteiger partial charge on any atom is 0.416 e. The van der Waals surface area contributed by atoms with E-state index in [1.54, 1.807) is 0 Å². The molecule has 1 aromatic heterocycles. The van der Waals surface area contributed by atoms with E-state index in [1.165, 1.54) is 12.1 Å². The summed E-state index contributed by atoms with van der Waals surface area (Å²) in [6, 6.07) is 4.90. The molecule has 2 rings (SSSR count). The number of anilines is 1. The molecule has 0 spiro atoms. The van der Waals surface area contributed by atoms with Crippen LogP contribution in [0.4, 0.5) is 18.9 Å². The number of aryl methyl sites for hydroxylation is 2. The highest BCUT2D eigenvalue weighted by Crippen LogP contribution is 2.30. The number of halogens is 4. The third kappa shape index (κ3) is 5.34. The van der Waals surface area contributed by atoms with Crippen LogP contribution in [0.15, 0.2) is 24.3 Å². The van der Waals surface area contributed by atoms with Gasteiger partial charge in [-0.1, -0.05) is 17.7 Å². The van der Waals surface area contributed by atoms with Crippen molar-refractivity contribution in [2.45, 2.75) is 33.0 Å². The molecule has 0 amide bonds. The highest BCUT2D eigenvalue weighted by atomic mass is 35.5. The van der Waals surface area contributed by atoms with Crippen LogP contribution in [-0.4, -0.2) is 21.4 Å². The van der Waals surface area contributed by atoms with Crippen LogP contribution in [0, 0.1) is 13.8 Å². The third-order valence-electron chi connectivity index (χ3n) is 3.57. The molecular weight excluding hydrogens is 373 g/mol. The predicted octanol–water partition coefficient (Wildman–Crippen LogP) is 4.55. The fourth-order valence-electron chi connectivity index (χ4n) is 2.27. The monoisotopic (exact) mass is 390 g/mol. The van der Waals surface area contributed by atoms with Crippen LogP contribution in [0.1, 0.15) is 23.4 Å². The standard InChI is InChI=1S/C16H18ClF3N4S/c1-10-14(17)11(2)24(23-10)8-4-7-21-15(25)22-13-6-3-5-12(9-13)16(18,19)20/h3,5-6,9H,4,7-8H2,1-2H3,(H2,21,22,25). The van der Waals surface area contributed by atoms with Crippen molar-refractivity contribution in [3.8, 4) is 0 Å². The van der Waals surface area contributed by atoms with Gasteiger partial charge in [-0.25, -0.2) is 0 Å². The molecule has 1 heterocycles. The highest BCUT2D eigenvalue weighted by molar-refractivity contribution is 7.80. The van der Waals surface area contributed by atoms with Crippen LogP contribution >= 0.6 is 23.8 Å². The molecule has 4 nitrogen and oxygen atoms in total. The van der Waals surface area contributed by atoms with Gasteiger partial charge in [0.05, 0.1) is 22.0 Å². The molecule has 0 saturated heterocycles. The predicted molar refractivity (Wildman–Crippen MR) is 97.0 cm³/mol. The van der Waals surface area contributed by atoms with Crippen LogP contribution in [0.3, 0.4) is 0 Å². The fraction of sp³-hybridized carbons (Fsp3) is 0.375. The van der Waals surface area contributed by atoms with E-state index < -0.39 is 11.7 Å². The molecule has 0 radical (unpaired) electrons. The summed E-state index contributed by atoms with van der Waals surface area (Å²) in [5.74, 6) is 0. The number of hydrogen-bond donors (Lipinski definition) is 2. The lowest BCUT2D eigenvalue weighted by atomic mass is 10.2. The lowest BCUT2D eigenvalue weighted by molar-refractivity contribution is -0.137. The number of benzene rings is 1. The third-order valence-corrected chi connectivity index (χ3v) is 4.37. The number of alkyl halides is 3. The molecule has 0 aliphatic heterocycles. The molecule has 0 saturated carbocycles. The SMILES string of the molecule is Cc1nn(CCCNC(=S)Nc2cccc(C(F)(F)F)c2)c(C)c1Cl. The second-order valence-electron chi connectivity index (χ2n) is 5.52. The van der Waals surface area contributed by atoms with Crippen molar-refractivity contribution in [3.05, 3.63) is 46.2 Å². The number of nitrogens with one attached hydrogen (secondary N) is 2. The normalized spacial score (nSPS) is 11.4. The van der Waals surface area contributed by atoms with E-state index in [0.717, 1.165) is 29.9 Å². The minimum atomic E-state index is -4.38. The topological polar surface area (TPSA) is 41.9 Å². The Balaban J connectivity index is 1.80. The molecule has 2 aromatic rings. The van der Waals surface area contributed by atoms with Crippen LogP contribution in [-0.2, 0) is 12.7 Å². The van der Waals surface area contributed by atoms with Crippen molar-refractivity contribution < 1.29 is 13.2 Å². The molecule has 0 bridgehead atoms. The maximum atomic E-state index is 12.7. The Kier molecular flexibility index (Phi) is 6.29. The van der Waals surface area contributed by atoms with Crippen LogP contribution in [0.25, 0.3) is 0 Å². The van der Waals surface area contributed by atoms with Gasteiger partial charge < -0.3 is 10.6 Å². The van der Waals surface area contributed by atoms with E-state index in [-0.39, 0.29) is 10.8 Å². The summed E-state index contributed by atoms with van der Waals surface area (Å²) < 4.78 is 39.9. The summed E-state index contributed by atoms with van der Waals surface area (Å²) in [7, 11) is 0. The van der Waals surface area contributed by atoms with Gasteiger partial charge in [0.15, 0.2) is 5.11 Å². The van der Waals surface area contributed by atoms with Crippen LogP contribution in [0.2, 0.25) is 5.02 Å². The lowest BCUT2D eigenvalue weighted by Gasteiger charge is -2.13. The highest BCUT2D eigenvalue weighted by Gasteiger charge is 2.30. The van der Waals surface area contributed by atoms with Crippen molar-refractivity contribution in [3.63, 3.8) is 0 Å². The van der Waals surface area contributed by atoms with Crippen molar-refractivity contribution in [1.82, 2.24) is 15.1 Å². The van der Waals surface area contributed by atoms with Crippen molar-refractivity contribution in [2.75, 3.05) is 11.9 Å². The van der Waals surface area contributed by atoms with Gasteiger partial charge in [-0.05, 0) is 50.7 Å². The second kappa shape index (κ2) is 8.05. The molecule has 0 atom stereocenters. The first-order valence-corrected chi connectivity index (χ1v) is 8.38. The first-order chi connectivity index (χ1) is 11.7. The van der Waals surface area contributed by atoms with Crippen molar-refractivity contribution in [1.29, 1.82) is 0 Å². The van der Waals surface area contributed by atoms with Gasteiger partial charge in [0.1, 0.15) is 0 Å². The molecular formula is C16H18ClF3N4S. The zero-order chi connectivity index (χ0) is 18.6. The van der Waals surface area contributed by atoms with E-state index in [2.05, 4.69) is 15.7 Å². The molecule has 0 aliphatic rings.